The molecule has 1 aromatic rings. The topological polar surface area (TPSA) is 94.0 Å². The number of amides is 1. The van der Waals surface area contributed by atoms with E-state index in [4.69, 9.17) is 11.5 Å². The highest BCUT2D eigenvalue weighted by Crippen LogP contribution is 2.29. The highest BCUT2D eigenvalue weighted by atomic mass is 16.1. The monoisotopic (exact) mass is 262 g/mol. The average molecular weight is 262 g/mol. The lowest BCUT2D eigenvalue weighted by Gasteiger charge is -2.24. The number of hydrogen-bond acceptors (Lipinski definition) is 4. The first-order chi connectivity index (χ1) is 9.10. The molecule has 0 aliphatic heterocycles. The molecule has 0 aromatic carbocycles. The summed E-state index contributed by atoms with van der Waals surface area (Å²) < 4.78 is 0. The standard InChI is InChI=1S/C14H22N4O/c1-9-6-11(14(16)19)7-13(17-9)18-12(8-15)10-4-2-3-5-10/h6-7,10,12H,2-5,8,15H2,1H3,(H2,16,19)(H,17,18). The summed E-state index contributed by atoms with van der Waals surface area (Å²) >= 11 is 0. The lowest BCUT2D eigenvalue weighted by atomic mass is 9.98. The highest BCUT2D eigenvalue weighted by molar-refractivity contribution is 5.93. The van der Waals surface area contributed by atoms with Crippen LogP contribution in [0.3, 0.4) is 0 Å². The molecule has 5 heteroatoms. The fourth-order valence-corrected chi connectivity index (χ4v) is 2.80. The van der Waals surface area contributed by atoms with Crippen molar-refractivity contribution in [3.63, 3.8) is 0 Å². The van der Waals surface area contributed by atoms with E-state index in [1.54, 1.807) is 12.1 Å². The van der Waals surface area contributed by atoms with Gasteiger partial charge in [-0.3, -0.25) is 4.79 Å². The number of carbonyl (C=O) groups is 1. The molecule has 1 unspecified atom stereocenters. The van der Waals surface area contributed by atoms with Gasteiger partial charge in [0.05, 0.1) is 0 Å². The smallest absolute Gasteiger partial charge is 0.248 e. The summed E-state index contributed by atoms with van der Waals surface area (Å²) in [6.07, 6.45) is 4.97. The van der Waals surface area contributed by atoms with Crippen LogP contribution >= 0.6 is 0 Å². The molecule has 1 saturated carbocycles. The van der Waals surface area contributed by atoms with Crippen molar-refractivity contribution in [3.8, 4) is 0 Å². The molecule has 1 fully saturated rings. The quantitative estimate of drug-likeness (QED) is 0.748. The summed E-state index contributed by atoms with van der Waals surface area (Å²) in [5.41, 5.74) is 12.4. The van der Waals surface area contributed by atoms with Gasteiger partial charge in [-0.1, -0.05) is 12.8 Å². The number of nitrogens with two attached hydrogens (primary N) is 2. The lowest BCUT2D eigenvalue weighted by molar-refractivity contribution is 0.1000. The van der Waals surface area contributed by atoms with Crippen LogP contribution in [0.15, 0.2) is 12.1 Å². The maximum Gasteiger partial charge on any atom is 0.248 e. The third kappa shape index (κ3) is 3.44. The molecular weight excluding hydrogens is 240 g/mol. The lowest BCUT2D eigenvalue weighted by Crippen LogP contribution is -2.35. The Balaban J connectivity index is 2.14. The molecule has 1 amide bonds. The molecule has 104 valence electrons. The second-order valence-corrected chi connectivity index (χ2v) is 5.28. The Hall–Kier alpha value is -1.62. The van der Waals surface area contributed by atoms with Crippen molar-refractivity contribution in [2.45, 2.75) is 38.6 Å². The molecule has 0 saturated heterocycles. The van der Waals surface area contributed by atoms with E-state index in [1.165, 1.54) is 25.7 Å². The molecule has 0 bridgehead atoms. The van der Waals surface area contributed by atoms with Crippen molar-refractivity contribution in [3.05, 3.63) is 23.4 Å². The molecule has 1 atom stereocenters. The average Bonchev–Trinajstić information content (AvgIpc) is 2.89. The van der Waals surface area contributed by atoms with E-state index in [0.29, 0.717) is 23.8 Å². The van der Waals surface area contributed by atoms with Crippen LogP contribution < -0.4 is 16.8 Å². The summed E-state index contributed by atoms with van der Waals surface area (Å²) in [5.74, 6) is 0.860. The number of anilines is 1. The molecule has 5 N–H and O–H groups in total. The SMILES string of the molecule is Cc1cc(C(N)=O)cc(NC(CN)C2CCCC2)n1. The molecular formula is C14H22N4O. The number of carbonyl (C=O) groups excluding carboxylic acids is 1. The first kappa shape index (κ1) is 13.8. The molecule has 2 rings (SSSR count). The third-order valence-corrected chi connectivity index (χ3v) is 3.79. The number of nitrogens with zero attached hydrogens (tertiary/aromatic N) is 1. The number of rotatable bonds is 5. The Morgan fingerprint density at radius 1 is 1.47 bits per heavy atom. The Kier molecular flexibility index (Phi) is 4.37. The van der Waals surface area contributed by atoms with Crippen LogP contribution in [0.4, 0.5) is 5.82 Å². The molecule has 1 aromatic heterocycles. The van der Waals surface area contributed by atoms with Crippen LogP contribution in [0.5, 0.6) is 0 Å². The molecule has 1 heterocycles. The van der Waals surface area contributed by atoms with Crippen molar-refractivity contribution in [2.24, 2.45) is 17.4 Å². The van der Waals surface area contributed by atoms with Gasteiger partial charge in [-0.15, -0.1) is 0 Å². The van der Waals surface area contributed by atoms with Crippen molar-refractivity contribution in [1.82, 2.24) is 4.98 Å². The van der Waals surface area contributed by atoms with E-state index < -0.39 is 5.91 Å². The summed E-state index contributed by atoms with van der Waals surface area (Å²) in [5, 5.41) is 3.36. The summed E-state index contributed by atoms with van der Waals surface area (Å²) in [4.78, 5) is 15.7. The van der Waals surface area contributed by atoms with Crippen LogP contribution in [0.1, 0.15) is 41.7 Å². The zero-order chi connectivity index (χ0) is 13.8. The van der Waals surface area contributed by atoms with E-state index in [2.05, 4.69) is 10.3 Å². The summed E-state index contributed by atoms with van der Waals surface area (Å²) in [6, 6.07) is 3.62. The Morgan fingerprint density at radius 2 is 2.16 bits per heavy atom. The molecule has 0 radical (unpaired) electrons. The van der Waals surface area contributed by atoms with E-state index in [-0.39, 0.29) is 6.04 Å². The fourth-order valence-electron chi connectivity index (χ4n) is 2.80. The van der Waals surface area contributed by atoms with Gasteiger partial charge in [0, 0.05) is 23.8 Å². The van der Waals surface area contributed by atoms with Crippen LogP contribution in [-0.4, -0.2) is 23.5 Å². The fraction of sp³-hybridized carbons (Fsp3) is 0.571. The van der Waals surface area contributed by atoms with Crippen LogP contribution in [0.2, 0.25) is 0 Å². The number of aromatic nitrogens is 1. The van der Waals surface area contributed by atoms with Gasteiger partial charge in [-0.05, 0) is 37.8 Å². The van der Waals surface area contributed by atoms with Crippen molar-refractivity contribution < 1.29 is 4.79 Å². The van der Waals surface area contributed by atoms with Crippen molar-refractivity contribution in [1.29, 1.82) is 0 Å². The van der Waals surface area contributed by atoms with Gasteiger partial charge >= 0.3 is 0 Å². The molecule has 0 spiro atoms. The van der Waals surface area contributed by atoms with Gasteiger partial charge in [0.25, 0.3) is 0 Å². The van der Waals surface area contributed by atoms with E-state index in [0.717, 1.165) is 5.69 Å². The van der Waals surface area contributed by atoms with E-state index >= 15 is 0 Å². The van der Waals surface area contributed by atoms with Gasteiger partial charge in [0.1, 0.15) is 5.82 Å². The minimum absolute atomic E-state index is 0.220. The van der Waals surface area contributed by atoms with Crippen molar-refractivity contribution >= 4 is 11.7 Å². The van der Waals surface area contributed by atoms with Crippen LogP contribution in [0, 0.1) is 12.8 Å². The zero-order valence-corrected chi connectivity index (χ0v) is 11.4. The third-order valence-electron chi connectivity index (χ3n) is 3.79. The first-order valence-corrected chi connectivity index (χ1v) is 6.85. The molecule has 1 aliphatic rings. The second-order valence-electron chi connectivity index (χ2n) is 5.28. The first-order valence-electron chi connectivity index (χ1n) is 6.85. The van der Waals surface area contributed by atoms with Crippen molar-refractivity contribution in [2.75, 3.05) is 11.9 Å². The largest absolute Gasteiger partial charge is 0.366 e. The van der Waals surface area contributed by atoms with E-state index in [1.807, 2.05) is 6.92 Å². The van der Waals surface area contributed by atoms with Gasteiger partial charge < -0.3 is 16.8 Å². The normalized spacial score (nSPS) is 17.4. The highest BCUT2D eigenvalue weighted by Gasteiger charge is 2.24. The maximum atomic E-state index is 11.3. The van der Waals surface area contributed by atoms with Gasteiger partial charge in [0.15, 0.2) is 0 Å². The Bertz CT molecular complexity index is 455. The summed E-state index contributed by atoms with van der Waals surface area (Å²) in [6.45, 7) is 2.43. The van der Waals surface area contributed by atoms with Gasteiger partial charge in [0.2, 0.25) is 5.91 Å². The Labute approximate surface area is 113 Å². The molecule has 1 aliphatic carbocycles. The van der Waals surface area contributed by atoms with Gasteiger partial charge in [-0.25, -0.2) is 4.98 Å². The van der Waals surface area contributed by atoms with Crippen LogP contribution in [0.25, 0.3) is 0 Å². The second kappa shape index (κ2) is 6.02. The predicted octanol–water partition coefficient (Wildman–Crippen LogP) is 1.42. The number of pyridine rings is 1. The molecule has 5 nitrogen and oxygen atoms in total. The predicted molar refractivity (Wildman–Crippen MR) is 75.9 cm³/mol. The zero-order valence-electron chi connectivity index (χ0n) is 11.4. The number of nitrogens with one attached hydrogen (secondary N) is 1. The number of primary amides is 1. The molecule has 19 heavy (non-hydrogen) atoms. The van der Waals surface area contributed by atoms with Crippen LogP contribution in [-0.2, 0) is 0 Å². The number of hydrogen-bond donors (Lipinski definition) is 3. The Morgan fingerprint density at radius 3 is 2.74 bits per heavy atom. The minimum atomic E-state index is -0.432. The summed E-state index contributed by atoms with van der Waals surface area (Å²) in [7, 11) is 0. The van der Waals surface area contributed by atoms with Gasteiger partial charge in [-0.2, -0.15) is 0 Å². The minimum Gasteiger partial charge on any atom is -0.366 e. The van der Waals surface area contributed by atoms with E-state index in [9.17, 15) is 4.79 Å². The maximum absolute atomic E-state index is 11.3. The number of aryl methyl sites for hydroxylation is 1.